The van der Waals surface area contributed by atoms with Crippen LogP contribution in [-0.2, 0) is 16.4 Å². The van der Waals surface area contributed by atoms with Gasteiger partial charge in [-0.25, -0.2) is 8.42 Å². The number of likely N-dealkylation sites (tertiary alicyclic amines) is 1. The summed E-state index contributed by atoms with van der Waals surface area (Å²) in [5, 5.41) is 0. The molecule has 142 valence electrons. The summed E-state index contributed by atoms with van der Waals surface area (Å²) in [7, 11) is -3.69. The van der Waals surface area contributed by atoms with Gasteiger partial charge in [0, 0.05) is 24.7 Å². The van der Waals surface area contributed by atoms with Crippen molar-refractivity contribution in [3.63, 3.8) is 0 Å². The SMILES string of the molecule is C[C@@H]1CCCCN1C(=O)c1cccc(S(=O)(=O)N2CCc3ccccc32)c1. The quantitative estimate of drug-likeness (QED) is 0.814. The van der Waals surface area contributed by atoms with Crippen molar-refractivity contribution in [3.8, 4) is 0 Å². The van der Waals surface area contributed by atoms with E-state index in [-0.39, 0.29) is 16.8 Å². The van der Waals surface area contributed by atoms with Crippen LogP contribution in [0.2, 0.25) is 0 Å². The highest BCUT2D eigenvalue weighted by Crippen LogP contribution is 2.33. The number of hydrogen-bond donors (Lipinski definition) is 0. The van der Waals surface area contributed by atoms with E-state index >= 15 is 0 Å². The number of nitrogens with zero attached hydrogens (tertiary/aromatic N) is 2. The number of fused-ring (bicyclic) bond motifs is 1. The topological polar surface area (TPSA) is 57.7 Å². The second kappa shape index (κ2) is 7.00. The number of sulfonamides is 1. The summed E-state index contributed by atoms with van der Waals surface area (Å²) in [6.45, 7) is 3.22. The molecule has 0 aromatic heterocycles. The second-order valence-corrected chi connectivity index (χ2v) is 9.19. The van der Waals surface area contributed by atoms with Crippen LogP contribution in [0.1, 0.15) is 42.1 Å². The van der Waals surface area contributed by atoms with Crippen molar-refractivity contribution in [2.45, 2.75) is 43.5 Å². The van der Waals surface area contributed by atoms with Gasteiger partial charge >= 0.3 is 0 Å². The Morgan fingerprint density at radius 1 is 1.04 bits per heavy atom. The van der Waals surface area contributed by atoms with Crippen molar-refractivity contribution < 1.29 is 13.2 Å². The molecule has 1 atom stereocenters. The Hall–Kier alpha value is -2.34. The zero-order valence-electron chi connectivity index (χ0n) is 15.5. The van der Waals surface area contributed by atoms with E-state index in [0.717, 1.165) is 37.1 Å². The maximum absolute atomic E-state index is 13.2. The molecule has 2 aliphatic rings. The van der Waals surface area contributed by atoms with Gasteiger partial charge in [-0.05, 0) is 62.4 Å². The fourth-order valence-electron chi connectivity index (χ4n) is 4.04. The molecule has 0 spiro atoms. The maximum Gasteiger partial charge on any atom is 0.264 e. The fraction of sp³-hybridized carbons (Fsp3) is 0.381. The summed E-state index contributed by atoms with van der Waals surface area (Å²) in [6, 6.07) is 14.2. The summed E-state index contributed by atoms with van der Waals surface area (Å²) in [4.78, 5) is 15.0. The van der Waals surface area contributed by atoms with Crippen molar-refractivity contribution >= 4 is 21.6 Å². The molecule has 1 amide bonds. The summed E-state index contributed by atoms with van der Waals surface area (Å²) in [5.74, 6) is -0.0823. The number of rotatable bonds is 3. The minimum atomic E-state index is -3.69. The van der Waals surface area contributed by atoms with Gasteiger partial charge < -0.3 is 4.90 Å². The lowest BCUT2D eigenvalue weighted by Crippen LogP contribution is -2.42. The van der Waals surface area contributed by atoms with Gasteiger partial charge in [0.15, 0.2) is 0 Å². The molecular weight excluding hydrogens is 360 g/mol. The summed E-state index contributed by atoms with van der Waals surface area (Å²) >= 11 is 0. The second-order valence-electron chi connectivity index (χ2n) is 7.33. The minimum absolute atomic E-state index is 0.0823. The molecule has 0 N–H and O–H groups in total. The van der Waals surface area contributed by atoms with Crippen LogP contribution >= 0.6 is 0 Å². The average Bonchev–Trinajstić information content (AvgIpc) is 3.13. The number of benzene rings is 2. The highest BCUT2D eigenvalue weighted by atomic mass is 32.2. The van der Waals surface area contributed by atoms with E-state index < -0.39 is 10.0 Å². The van der Waals surface area contributed by atoms with Crippen LogP contribution < -0.4 is 4.31 Å². The van der Waals surface area contributed by atoms with Gasteiger partial charge in [-0.1, -0.05) is 24.3 Å². The molecule has 2 aliphatic heterocycles. The molecule has 0 aliphatic carbocycles. The number of carbonyl (C=O) groups excluding carboxylic acids is 1. The van der Waals surface area contributed by atoms with Crippen LogP contribution in [0.3, 0.4) is 0 Å². The Morgan fingerprint density at radius 3 is 2.67 bits per heavy atom. The van der Waals surface area contributed by atoms with Gasteiger partial charge in [0.2, 0.25) is 0 Å². The van der Waals surface area contributed by atoms with Gasteiger partial charge in [0.05, 0.1) is 10.6 Å². The van der Waals surface area contributed by atoms with Gasteiger partial charge in [-0.2, -0.15) is 0 Å². The first-order chi connectivity index (χ1) is 13.0. The molecule has 0 unspecified atom stereocenters. The van der Waals surface area contributed by atoms with Crippen LogP contribution in [0.5, 0.6) is 0 Å². The standard InChI is InChI=1S/C21H24N2O3S/c1-16-7-4-5-13-22(16)21(24)18-9-6-10-19(15-18)27(25,26)23-14-12-17-8-2-3-11-20(17)23/h2-3,6,8-11,15-16H,4-5,7,12-14H2,1H3/t16-/m1/s1. The molecule has 2 aromatic rings. The molecule has 2 aromatic carbocycles. The zero-order valence-corrected chi connectivity index (χ0v) is 16.3. The maximum atomic E-state index is 13.2. The van der Waals surface area contributed by atoms with Gasteiger partial charge in [-0.3, -0.25) is 9.10 Å². The van der Waals surface area contributed by atoms with Gasteiger partial charge in [-0.15, -0.1) is 0 Å². The number of carbonyl (C=O) groups is 1. The van der Waals surface area contributed by atoms with Crippen molar-refractivity contribution in [2.75, 3.05) is 17.4 Å². The van der Waals surface area contributed by atoms with E-state index in [4.69, 9.17) is 0 Å². The van der Waals surface area contributed by atoms with Crippen molar-refractivity contribution in [1.82, 2.24) is 4.90 Å². The molecule has 27 heavy (non-hydrogen) atoms. The summed E-state index contributed by atoms with van der Waals surface area (Å²) < 4.78 is 27.9. The normalized spacial score (nSPS) is 19.8. The van der Waals surface area contributed by atoms with E-state index in [1.165, 1.54) is 10.4 Å². The molecule has 5 nitrogen and oxygen atoms in total. The first-order valence-electron chi connectivity index (χ1n) is 9.50. The lowest BCUT2D eigenvalue weighted by molar-refractivity contribution is 0.0635. The fourth-order valence-corrected chi connectivity index (χ4v) is 5.59. The third-order valence-corrected chi connectivity index (χ3v) is 7.39. The molecular formula is C21H24N2O3S. The van der Waals surface area contributed by atoms with Crippen molar-refractivity contribution in [1.29, 1.82) is 0 Å². The number of piperidine rings is 1. The Kier molecular flexibility index (Phi) is 4.68. The molecule has 0 bridgehead atoms. The summed E-state index contributed by atoms with van der Waals surface area (Å²) in [6.07, 6.45) is 3.83. The number of amides is 1. The smallest absolute Gasteiger partial charge is 0.264 e. The Labute approximate surface area is 160 Å². The molecule has 1 saturated heterocycles. The highest BCUT2D eigenvalue weighted by molar-refractivity contribution is 7.92. The molecule has 2 heterocycles. The Bertz CT molecular complexity index is 971. The van der Waals surface area contributed by atoms with E-state index in [0.29, 0.717) is 18.5 Å². The minimum Gasteiger partial charge on any atom is -0.336 e. The van der Waals surface area contributed by atoms with E-state index in [2.05, 4.69) is 6.92 Å². The summed E-state index contributed by atoms with van der Waals surface area (Å²) in [5.41, 5.74) is 2.21. The molecule has 0 saturated carbocycles. The third kappa shape index (κ3) is 3.23. The first kappa shape index (κ1) is 18.0. The molecule has 6 heteroatoms. The first-order valence-corrected chi connectivity index (χ1v) is 10.9. The van der Waals surface area contributed by atoms with Crippen LogP contribution in [0.4, 0.5) is 5.69 Å². The van der Waals surface area contributed by atoms with Crippen LogP contribution in [0.15, 0.2) is 53.4 Å². The average molecular weight is 385 g/mol. The number of para-hydroxylation sites is 1. The largest absolute Gasteiger partial charge is 0.336 e. The van der Waals surface area contributed by atoms with E-state index in [1.807, 2.05) is 29.2 Å². The lowest BCUT2D eigenvalue weighted by atomic mass is 10.0. The third-order valence-electron chi connectivity index (χ3n) is 5.58. The van der Waals surface area contributed by atoms with E-state index in [1.54, 1.807) is 18.2 Å². The molecule has 4 rings (SSSR count). The van der Waals surface area contributed by atoms with Gasteiger partial charge in [0.1, 0.15) is 0 Å². The Balaban J connectivity index is 1.65. The van der Waals surface area contributed by atoms with Gasteiger partial charge in [0.25, 0.3) is 15.9 Å². The predicted molar refractivity (Wildman–Crippen MR) is 105 cm³/mol. The molecule has 1 fully saturated rings. The van der Waals surface area contributed by atoms with Crippen molar-refractivity contribution in [3.05, 3.63) is 59.7 Å². The van der Waals surface area contributed by atoms with Crippen LogP contribution in [-0.4, -0.2) is 38.4 Å². The Morgan fingerprint density at radius 2 is 1.85 bits per heavy atom. The molecule has 0 radical (unpaired) electrons. The van der Waals surface area contributed by atoms with Crippen LogP contribution in [0, 0.1) is 0 Å². The number of anilines is 1. The van der Waals surface area contributed by atoms with Crippen molar-refractivity contribution in [2.24, 2.45) is 0 Å². The van der Waals surface area contributed by atoms with Crippen LogP contribution in [0.25, 0.3) is 0 Å². The lowest BCUT2D eigenvalue weighted by Gasteiger charge is -2.33. The van der Waals surface area contributed by atoms with E-state index in [9.17, 15) is 13.2 Å². The predicted octanol–water partition coefficient (Wildman–Crippen LogP) is 3.45. The number of hydrogen-bond acceptors (Lipinski definition) is 3. The monoisotopic (exact) mass is 384 g/mol. The zero-order chi connectivity index (χ0) is 19.0. The highest BCUT2D eigenvalue weighted by Gasteiger charge is 2.31.